The lowest BCUT2D eigenvalue weighted by atomic mass is 10.0. The maximum absolute atomic E-state index is 12.7. The molecular weight excluding hydrogens is 274 g/mol. The number of Topliss-reactive ketones (excluding diaryl/α,β-unsaturated/α-hetero) is 1. The van der Waals surface area contributed by atoms with Gasteiger partial charge in [-0.25, -0.2) is 8.42 Å². The molecule has 0 amide bonds. The van der Waals surface area contributed by atoms with E-state index in [1.165, 1.54) is 19.1 Å². The van der Waals surface area contributed by atoms with E-state index in [0.717, 1.165) is 25.7 Å². The highest BCUT2D eigenvalue weighted by Gasteiger charge is 2.32. The van der Waals surface area contributed by atoms with Crippen LogP contribution in [0.25, 0.3) is 0 Å². The molecule has 1 fully saturated rings. The highest BCUT2D eigenvalue weighted by Crippen LogP contribution is 2.27. The van der Waals surface area contributed by atoms with Crippen LogP contribution in [0.4, 0.5) is 0 Å². The Morgan fingerprint density at radius 2 is 1.90 bits per heavy atom. The zero-order chi connectivity index (χ0) is 14.8. The van der Waals surface area contributed by atoms with Crippen LogP contribution in [-0.2, 0) is 10.0 Å². The van der Waals surface area contributed by atoms with E-state index in [9.17, 15) is 13.2 Å². The lowest BCUT2D eigenvalue weighted by Gasteiger charge is -2.34. The quantitative estimate of drug-likeness (QED) is 0.803. The first-order valence-electron chi connectivity index (χ1n) is 7.09. The molecule has 5 heteroatoms. The number of carbonyl (C=O) groups excluding carboxylic acids is 1. The van der Waals surface area contributed by atoms with E-state index in [4.69, 9.17) is 0 Å². The summed E-state index contributed by atoms with van der Waals surface area (Å²) in [7, 11) is -3.44. The SMILES string of the molecule is CCC1CCCCN1S(=O)(=O)c1ccc(C(C)=O)cc1. The van der Waals surface area contributed by atoms with Gasteiger partial charge in [-0.3, -0.25) is 4.79 Å². The minimum atomic E-state index is -3.44. The minimum Gasteiger partial charge on any atom is -0.295 e. The van der Waals surface area contributed by atoms with E-state index in [0.29, 0.717) is 12.1 Å². The van der Waals surface area contributed by atoms with Crippen LogP contribution in [0.3, 0.4) is 0 Å². The Balaban J connectivity index is 2.31. The number of hydrogen-bond donors (Lipinski definition) is 0. The van der Waals surface area contributed by atoms with Gasteiger partial charge in [0.05, 0.1) is 4.90 Å². The van der Waals surface area contributed by atoms with Crippen LogP contribution in [0, 0.1) is 0 Å². The number of benzene rings is 1. The summed E-state index contributed by atoms with van der Waals surface area (Å²) in [6.07, 6.45) is 3.78. The zero-order valence-electron chi connectivity index (χ0n) is 12.0. The summed E-state index contributed by atoms with van der Waals surface area (Å²) in [5, 5.41) is 0. The number of ketones is 1. The van der Waals surface area contributed by atoms with Crippen molar-refractivity contribution >= 4 is 15.8 Å². The number of sulfonamides is 1. The van der Waals surface area contributed by atoms with Gasteiger partial charge in [-0.1, -0.05) is 25.5 Å². The van der Waals surface area contributed by atoms with E-state index < -0.39 is 10.0 Å². The van der Waals surface area contributed by atoms with Crippen LogP contribution in [-0.4, -0.2) is 31.1 Å². The van der Waals surface area contributed by atoms with Crippen LogP contribution in [0.5, 0.6) is 0 Å². The van der Waals surface area contributed by atoms with Gasteiger partial charge in [-0.2, -0.15) is 4.31 Å². The second-order valence-corrected chi connectivity index (χ2v) is 7.14. The van der Waals surface area contributed by atoms with Gasteiger partial charge in [0.15, 0.2) is 5.78 Å². The van der Waals surface area contributed by atoms with Crippen LogP contribution >= 0.6 is 0 Å². The van der Waals surface area contributed by atoms with E-state index in [-0.39, 0.29) is 16.7 Å². The molecule has 1 saturated heterocycles. The Labute approximate surface area is 120 Å². The monoisotopic (exact) mass is 295 g/mol. The molecule has 4 nitrogen and oxygen atoms in total. The summed E-state index contributed by atoms with van der Waals surface area (Å²) in [6.45, 7) is 4.09. The minimum absolute atomic E-state index is 0.0571. The largest absolute Gasteiger partial charge is 0.295 e. The molecule has 0 saturated carbocycles. The van der Waals surface area contributed by atoms with Crippen LogP contribution < -0.4 is 0 Å². The number of nitrogens with zero attached hydrogens (tertiary/aromatic N) is 1. The lowest BCUT2D eigenvalue weighted by molar-refractivity contribution is 0.101. The maximum Gasteiger partial charge on any atom is 0.243 e. The average molecular weight is 295 g/mol. The molecule has 1 aliphatic rings. The summed E-state index contributed by atoms with van der Waals surface area (Å²) in [6, 6.07) is 6.34. The first kappa shape index (κ1) is 15.2. The van der Waals surface area contributed by atoms with Gasteiger partial charge in [0.1, 0.15) is 0 Å². The first-order chi connectivity index (χ1) is 9.46. The summed E-state index contributed by atoms with van der Waals surface area (Å²) < 4.78 is 27.0. The molecule has 0 aliphatic carbocycles. The predicted octanol–water partition coefficient (Wildman–Crippen LogP) is 2.84. The predicted molar refractivity (Wildman–Crippen MR) is 78.3 cm³/mol. The zero-order valence-corrected chi connectivity index (χ0v) is 12.8. The maximum atomic E-state index is 12.7. The van der Waals surface area contributed by atoms with Crippen LogP contribution in [0.1, 0.15) is 49.9 Å². The molecule has 2 rings (SSSR count). The Hall–Kier alpha value is -1.20. The van der Waals surface area contributed by atoms with Crippen molar-refractivity contribution in [1.29, 1.82) is 0 Å². The Bertz CT molecular complexity index is 578. The highest BCUT2D eigenvalue weighted by molar-refractivity contribution is 7.89. The van der Waals surface area contributed by atoms with Crippen molar-refractivity contribution in [2.75, 3.05) is 6.54 Å². The van der Waals surface area contributed by atoms with Gasteiger partial charge in [0.2, 0.25) is 10.0 Å². The standard InChI is InChI=1S/C15H21NO3S/c1-3-14-6-4-5-11-16(14)20(18,19)15-9-7-13(8-10-15)12(2)17/h7-10,14H,3-6,11H2,1-2H3. The molecule has 1 unspecified atom stereocenters. The molecule has 20 heavy (non-hydrogen) atoms. The second kappa shape index (κ2) is 6.06. The molecule has 110 valence electrons. The van der Waals surface area contributed by atoms with Gasteiger partial charge in [0, 0.05) is 18.2 Å². The van der Waals surface area contributed by atoms with Crippen molar-refractivity contribution in [1.82, 2.24) is 4.31 Å². The Morgan fingerprint density at radius 1 is 1.25 bits per heavy atom. The lowest BCUT2D eigenvalue weighted by Crippen LogP contribution is -2.43. The van der Waals surface area contributed by atoms with Crippen LogP contribution in [0.15, 0.2) is 29.2 Å². The number of carbonyl (C=O) groups is 1. The number of piperidine rings is 1. The third-order valence-electron chi connectivity index (χ3n) is 3.91. The number of hydrogen-bond acceptors (Lipinski definition) is 3. The Morgan fingerprint density at radius 3 is 2.45 bits per heavy atom. The summed E-state index contributed by atoms with van der Waals surface area (Å²) in [4.78, 5) is 11.5. The molecule has 1 aromatic carbocycles. The van der Waals surface area contributed by atoms with E-state index in [1.54, 1.807) is 16.4 Å². The second-order valence-electron chi connectivity index (χ2n) is 5.25. The third kappa shape index (κ3) is 2.94. The fourth-order valence-electron chi connectivity index (χ4n) is 2.70. The highest BCUT2D eigenvalue weighted by atomic mass is 32.2. The van der Waals surface area contributed by atoms with Gasteiger partial charge in [0.25, 0.3) is 0 Å². The topological polar surface area (TPSA) is 54.5 Å². The fraction of sp³-hybridized carbons (Fsp3) is 0.533. The molecule has 1 aromatic rings. The molecule has 1 atom stereocenters. The van der Waals surface area contributed by atoms with Crippen molar-refractivity contribution in [2.24, 2.45) is 0 Å². The molecule has 0 aromatic heterocycles. The van der Waals surface area contributed by atoms with Crippen LogP contribution in [0.2, 0.25) is 0 Å². The van der Waals surface area contributed by atoms with Gasteiger partial charge in [-0.15, -0.1) is 0 Å². The molecule has 0 spiro atoms. The summed E-state index contributed by atoms with van der Waals surface area (Å²) >= 11 is 0. The normalized spacial score (nSPS) is 20.8. The van der Waals surface area contributed by atoms with Crippen molar-refractivity contribution in [3.63, 3.8) is 0 Å². The van der Waals surface area contributed by atoms with Crippen molar-refractivity contribution in [2.45, 2.75) is 50.5 Å². The van der Waals surface area contributed by atoms with E-state index >= 15 is 0 Å². The van der Waals surface area contributed by atoms with Crippen molar-refractivity contribution in [3.05, 3.63) is 29.8 Å². The smallest absolute Gasteiger partial charge is 0.243 e. The van der Waals surface area contributed by atoms with Gasteiger partial charge in [-0.05, 0) is 38.3 Å². The van der Waals surface area contributed by atoms with Gasteiger partial charge >= 0.3 is 0 Å². The molecule has 0 radical (unpaired) electrons. The van der Waals surface area contributed by atoms with E-state index in [2.05, 4.69) is 0 Å². The number of rotatable bonds is 4. The Kier molecular flexibility index (Phi) is 4.60. The molecule has 0 N–H and O–H groups in total. The van der Waals surface area contributed by atoms with Gasteiger partial charge < -0.3 is 0 Å². The fourth-order valence-corrected chi connectivity index (χ4v) is 4.46. The van der Waals surface area contributed by atoms with E-state index in [1.807, 2.05) is 6.92 Å². The molecule has 1 aliphatic heterocycles. The summed E-state index contributed by atoms with van der Waals surface area (Å²) in [5.74, 6) is -0.0571. The molecule has 0 bridgehead atoms. The third-order valence-corrected chi connectivity index (χ3v) is 5.88. The van der Waals surface area contributed by atoms with Crippen molar-refractivity contribution < 1.29 is 13.2 Å². The first-order valence-corrected chi connectivity index (χ1v) is 8.53. The molecular formula is C15H21NO3S. The summed E-state index contributed by atoms with van der Waals surface area (Å²) in [5.41, 5.74) is 0.537. The van der Waals surface area contributed by atoms with Crippen molar-refractivity contribution in [3.8, 4) is 0 Å². The average Bonchev–Trinajstić information content (AvgIpc) is 2.47. The molecule has 1 heterocycles.